The van der Waals surface area contributed by atoms with E-state index in [1.165, 1.54) is 37.7 Å². The Bertz CT molecular complexity index is 2100. The van der Waals surface area contributed by atoms with Crippen LogP contribution >= 0.6 is 0 Å². The third-order valence-corrected chi connectivity index (χ3v) is 9.26. The molecule has 0 heterocycles. The maximum absolute atomic E-state index is 10.6. The van der Waals surface area contributed by atoms with Crippen molar-refractivity contribution in [1.82, 2.24) is 0 Å². The van der Waals surface area contributed by atoms with Gasteiger partial charge in [0.2, 0.25) is 0 Å². The van der Waals surface area contributed by atoms with E-state index in [0.29, 0.717) is 0 Å². The highest BCUT2D eigenvalue weighted by molar-refractivity contribution is 6.34. The summed E-state index contributed by atoms with van der Waals surface area (Å²) in [7, 11) is 0. The number of hydrogen-bond acceptors (Lipinski definition) is 3. The van der Waals surface area contributed by atoms with Gasteiger partial charge in [-0.25, -0.2) is 0 Å². The second kappa shape index (κ2) is 8.36. The van der Waals surface area contributed by atoms with Crippen LogP contribution in [-0.4, -0.2) is 28.5 Å². The van der Waals surface area contributed by atoms with Gasteiger partial charge in [-0.15, -0.1) is 0 Å². The monoisotopic (exact) mass is 520 g/mol. The summed E-state index contributed by atoms with van der Waals surface area (Å²) in [5.41, 5.74) is 6.40. The number of rotatable bonds is 4. The molecule has 3 nitrogen and oxygen atoms in total. The molecule has 0 bridgehead atoms. The van der Waals surface area contributed by atoms with Crippen LogP contribution in [0.1, 0.15) is 29.7 Å². The van der Waals surface area contributed by atoms with E-state index in [1.807, 2.05) is 25.1 Å². The molecule has 7 aromatic rings. The summed E-state index contributed by atoms with van der Waals surface area (Å²) in [4.78, 5) is 0. The van der Waals surface area contributed by atoms with Gasteiger partial charge in [0.15, 0.2) is 0 Å². The Morgan fingerprint density at radius 2 is 1.12 bits per heavy atom. The normalized spacial score (nSPS) is 14.8. The van der Waals surface area contributed by atoms with Gasteiger partial charge in [0.25, 0.3) is 0 Å². The number of aliphatic hydroxyl groups excluding tert-OH is 3. The van der Waals surface area contributed by atoms with Gasteiger partial charge in [0, 0.05) is 0 Å². The third-order valence-electron chi connectivity index (χ3n) is 9.26. The number of hydrogen-bond donors (Lipinski definition) is 3. The van der Waals surface area contributed by atoms with Crippen LogP contribution in [0.15, 0.2) is 103 Å². The highest BCUT2D eigenvalue weighted by Crippen LogP contribution is 2.50. The minimum absolute atomic E-state index is 0.157. The van der Waals surface area contributed by atoms with Crippen molar-refractivity contribution in [3.8, 4) is 22.3 Å². The fourth-order valence-corrected chi connectivity index (χ4v) is 7.36. The molecule has 0 aromatic heterocycles. The van der Waals surface area contributed by atoms with Crippen LogP contribution < -0.4 is 0 Å². The molecule has 0 amide bonds. The summed E-state index contributed by atoms with van der Waals surface area (Å²) in [6.07, 6.45) is -0.542. The smallest absolute Gasteiger partial charge is 0.0767 e. The first-order valence-corrected chi connectivity index (χ1v) is 13.8. The highest BCUT2D eigenvalue weighted by atomic mass is 16.3. The second-order valence-corrected chi connectivity index (χ2v) is 11.2. The Hall–Kier alpha value is -4.28. The molecular weight excluding hydrogens is 492 g/mol. The van der Waals surface area contributed by atoms with E-state index < -0.39 is 11.5 Å². The molecule has 0 saturated carbocycles. The van der Waals surface area contributed by atoms with Gasteiger partial charge < -0.3 is 15.3 Å². The van der Waals surface area contributed by atoms with Crippen LogP contribution in [0, 0.1) is 0 Å². The maximum Gasteiger partial charge on any atom is 0.0767 e. The van der Waals surface area contributed by atoms with Crippen molar-refractivity contribution in [2.24, 2.45) is 0 Å². The second-order valence-electron chi connectivity index (χ2n) is 11.2. The zero-order chi connectivity index (χ0) is 27.2. The summed E-state index contributed by atoms with van der Waals surface area (Å²) in [5.74, 6) is 0. The Balaban J connectivity index is 1.43. The summed E-state index contributed by atoms with van der Waals surface area (Å²) >= 11 is 0. The number of benzene rings is 7. The van der Waals surface area contributed by atoms with Gasteiger partial charge in [-0.05, 0) is 95.0 Å². The van der Waals surface area contributed by atoms with Crippen molar-refractivity contribution in [3.63, 3.8) is 0 Å². The number of fused-ring (bicyclic) bond motifs is 5. The zero-order valence-corrected chi connectivity index (χ0v) is 22.1. The van der Waals surface area contributed by atoms with Gasteiger partial charge in [-0.1, -0.05) is 97.1 Å². The average molecular weight is 521 g/mol. The Morgan fingerprint density at radius 1 is 0.550 bits per heavy atom. The molecule has 7 aromatic carbocycles. The first-order chi connectivity index (χ1) is 19.6. The molecule has 40 heavy (non-hydrogen) atoms. The van der Waals surface area contributed by atoms with Crippen LogP contribution in [-0.2, 0) is 5.41 Å². The van der Waals surface area contributed by atoms with E-state index in [9.17, 15) is 15.3 Å². The topological polar surface area (TPSA) is 60.7 Å². The fraction of sp³-hybridized carbons (Fsp3) is 0.135. The molecule has 1 aliphatic rings. The predicted molar refractivity (Wildman–Crippen MR) is 164 cm³/mol. The van der Waals surface area contributed by atoms with Gasteiger partial charge in [0.05, 0.1) is 24.7 Å². The summed E-state index contributed by atoms with van der Waals surface area (Å²) in [5, 5.41) is 41.1. The van der Waals surface area contributed by atoms with Gasteiger partial charge in [-0.3, -0.25) is 0 Å². The molecule has 0 fully saturated rings. The predicted octanol–water partition coefficient (Wildman–Crippen LogP) is 7.71. The van der Waals surface area contributed by atoms with E-state index in [2.05, 4.69) is 84.9 Å². The van der Waals surface area contributed by atoms with Gasteiger partial charge in [-0.2, -0.15) is 0 Å². The summed E-state index contributed by atoms with van der Waals surface area (Å²) in [6.45, 7) is 1.51. The van der Waals surface area contributed by atoms with Crippen molar-refractivity contribution in [2.45, 2.75) is 18.4 Å². The molecule has 3 heteroatoms. The van der Waals surface area contributed by atoms with E-state index in [1.54, 1.807) is 0 Å². The van der Waals surface area contributed by atoms with Crippen molar-refractivity contribution < 1.29 is 15.3 Å². The van der Waals surface area contributed by atoms with Crippen LogP contribution in [0.2, 0.25) is 0 Å². The molecule has 0 saturated heterocycles. The van der Waals surface area contributed by atoms with Gasteiger partial charge >= 0.3 is 0 Å². The lowest BCUT2D eigenvalue weighted by molar-refractivity contribution is 0.146. The minimum atomic E-state index is -0.829. The van der Waals surface area contributed by atoms with Crippen LogP contribution in [0.3, 0.4) is 0 Å². The summed E-state index contributed by atoms with van der Waals surface area (Å²) in [6, 6.07) is 36.1. The van der Waals surface area contributed by atoms with Crippen molar-refractivity contribution in [2.75, 3.05) is 13.2 Å². The maximum atomic E-state index is 10.6. The Morgan fingerprint density at radius 3 is 1.85 bits per heavy atom. The minimum Gasteiger partial charge on any atom is -0.395 e. The number of aliphatic hydroxyl groups is 3. The van der Waals surface area contributed by atoms with Gasteiger partial charge in [0.1, 0.15) is 0 Å². The molecule has 8 rings (SSSR count). The van der Waals surface area contributed by atoms with Crippen LogP contribution in [0.5, 0.6) is 0 Å². The molecule has 1 aliphatic carbocycles. The Labute approximate surface area is 231 Å². The van der Waals surface area contributed by atoms with E-state index in [0.717, 1.165) is 44.3 Å². The molecule has 0 spiro atoms. The fourth-order valence-electron chi connectivity index (χ4n) is 7.36. The SMILES string of the molecule is CC(O)c1ccc2c3cccc4c(-c5ccc6c(c5)C(CO)(CO)c5ccccc5-6)ccc(c5cccc1c52)c43. The molecular formula is C37H28O3. The van der Waals surface area contributed by atoms with E-state index >= 15 is 0 Å². The highest BCUT2D eigenvalue weighted by Gasteiger charge is 2.42. The largest absolute Gasteiger partial charge is 0.395 e. The first kappa shape index (κ1) is 23.6. The standard InChI is InChI=1S/C37H28O3/c1-21(40)23-14-16-31-30-10-5-8-28-24(15-17-32(36(28)30)29-9-4-7-27(23)35(29)31)22-12-13-26-25-6-2-3-11-33(25)37(19-38,20-39)34(26)18-22/h2-18,21,38-40H,19-20H2,1H3. The third kappa shape index (κ3) is 2.89. The molecule has 0 radical (unpaired) electrons. The van der Waals surface area contributed by atoms with E-state index in [-0.39, 0.29) is 13.2 Å². The molecule has 3 N–H and O–H groups in total. The molecule has 1 unspecified atom stereocenters. The molecule has 194 valence electrons. The van der Waals surface area contributed by atoms with Crippen molar-refractivity contribution >= 4 is 43.1 Å². The van der Waals surface area contributed by atoms with Crippen LogP contribution in [0.25, 0.3) is 65.3 Å². The lowest BCUT2D eigenvalue weighted by Crippen LogP contribution is -2.34. The lowest BCUT2D eigenvalue weighted by atomic mass is 9.78. The van der Waals surface area contributed by atoms with Crippen molar-refractivity contribution in [3.05, 3.63) is 120 Å². The first-order valence-electron chi connectivity index (χ1n) is 13.8. The zero-order valence-electron chi connectivity index (χ0n) is 22.1. The summed E-state index contributed by atoms with van der Waals surface area (Å²) < 4.78 is 0. The Kier molecular flexibility index (Phi) is 4.93. The van der Waals surface area contributed by atoms with Crippen molar-refractivity contribution in [1.29, 1.82) is 0 Å². The lowest BCUT2D eigenvalue weighted by Gasteiger charge is -2.27. The van der Waals surface area contributed by atoms with E-state index in [4.69, 9.17) is 0 Å². The average Bonchev–Trinajstić information content (AvgIpc) is 3.28. The molecule has 0 aliphatic heterocycles. The van der Waals surface area contributed by atoms with Crippen LogP contribution in [0.4, 0.5) is 0 Å². The molecule has 1 atom stereocenters. The quantitative estimate of drug-likeness (QED) is 0.165.